The summed E-state index contributed by atoms with van der Waals surface area (Å²) in [7, 11) is 2.17. The van der Waals surface area contributed by atoms with Gasteiger partial charge in [-0.05, 0) is 85.1 Å². The van der Waals surface area contributed by atoms with Crippen molar-refractivity contribution in [2.75, 3.05) is 46.4 Å². The molecule has 1 aliphatic heterocycles. The van der Waals surface area contributed by atoms with Crippen molar-refractivity contribution in [1.29, 1.82) is 0 Å². The second-order valence-corrected chi connectivity index (χ2v) is 10.0. The van der Waals surface area contributed by atoms with Crippen molar-refractivity contribution >= 4 is 18.0 Å². The Labute approximate surface area is 251 Å². The van der Waals surface area contributed by atoms with Gasteiger partial charge in [0.25, 0.3) is 0 Å². The van der Waals surface area contributed by atoms with Gasteiger partial charge in [-0.3, -0.25) is 4.79 Å². The number of nitrogens with one attached hydrogen (secondary N) is 2. The molecule has 0 aliphatic carbocycles. The summed E-state index contributed by atoms with van der Waals surface area (Å²) >= 11 is 0. The summed E-state index contributed by atoms with van der Waals surface area (Å²) in [6.07, 6.45) is 13.4. The Bertz CT molecular complexity index is 832. The third kappa shape index (κ3) is 25.9. The number of allylic oxidation sites excluding steroid dienone is 3. The molecule has 1 aromatic carbocycles. The van der Waals surface area contributed by atoms with E-state index in [0.29, 0.717) is 12.2 Å². The zero-order valence-corrected chi connectivity index (χ0v) is 27.1. The van der Waals surface area contributed by atoms with Gasteiger partial charge in [0, 0.05) is 5.56 Å². The van der Waals surface area contributed by atoms with Crippen LogP contribution in [0.3, 0.4) is 0 Å². The van der Waals surface area contributed by atoms with Gasteiger partial charge in [0.2, 0.25) is 5.91 Å². The fraction of sp³-hybridized carbons (Fsp3) is 0.588. The van der Waals surface area contributed by atoms with Crippen LogP contribution in [-0.4, -0.2) is 69.5 Å². The van der Waals surface area contributed by atoms with Gasteiger partial charge in [-0.25, -0.2) is 0 Å². The predicted octanol–water partition coefficient (Wildman–Crippen LogP) is 5.98. The Hall–Kier alpha value is -2.74. The van der Waals surface area contributed by atoms with Crippen LogP contribution in [0.1, 0.15) is 79.2 Å². The van der Waals surface area contributed by atoms with E-state index in [-0.39, 0.29) is 12.5 Å². The van der Waals surface area contributed by atoms with Crippen LogP contribution in [0.25, 0.3) is 5.76 Å². The number of nitrogens with two attached hydrogens (primary N) is 1. The van der Waals surface area contributed by atoms with Crippen molar-refractivity contribution < 1.29 is 14.3 Å². The van der Waals surface area contributed by atoms with Crippen molar-refractivity contribution in [3.05, 3.63) is 66.3 Å². The van der Waals surface area contributed by atoms with Crippen LogP contribution in [0.4, 0.5) is 0 Å². The number of aldehydes is 1. The fourth-order valence-corrected chi connectivity index (χ4v) is 3.47. The van der Waals surface area contributed by atoms with Crippen LogP contribution >= 0.6 is 0 Å². The summed E-state index contributed by atoms with van der Waals surface area (Å²) in [6, 6.07) is 9.63. The molecule has 0 radical (unpaired) electrons. The maximum atomic E-state index is 10.4. The molecule has 4 N–H and O–H groups in total. The average molecular weight is 573 g/mol. The monoisotopic (exact) mass is 572 g/mol. The van der Waals surface area contributed by atoms with Crippen molar-refractivity contribution in [2.45, 2.75) is 79.7 Å². The lowest BCUT2D eigenvalue weighted by Gasteiger charge is -2.09. The Morgan fingerprint density at radius 1 is 1.10 bits per heavy atom. The number of carbonyl (C=O) groups is 2. The van der Waals surface area contributed by atoms with Crippen LogP contribution < -0.4 is 16.4 Å². The summed E-state index contributed by atoms with van der Waals surface area (Å²) in [4.78, 5) is 22.6. The second-order valence-electron chi connectivity index (χ2n) is 10.0. The molecule has 0 bridgehead atoms. The van der Waals surface area contributed by atoms with E-state index < -0.39 is 6.04 Å². The Kier molecular flexibility index (Phi) is 28.4. The normalized spacial score (nSPS) is 13.6. The van der Waals surface area contributed by atoms with Crippen molar-refractivity contribution in [3.8, 4) is 0 Å². The molecule has 234 valence electrons. The molecular weight excluding hydrogens is 512 g/mol. The number of rotatable bonds is 15. The SMILES string of the molecule is C=C(OCCCCNCCC(/C=C\C(C)C)=C/C)c1ccccc1.CC.CC(C=O)NC(=O)CN.CN1CCCC1. The highest BCUT2D eigenvalue weighted by Crippen LogP contribution is 2.13. The highest BCUT2D eigenvalue weighted by Gasteiger charge is 2.03. The van der Waals surface area contributed by atoms with Gasteiger partial charge in [-0.15, -0.1) is 0 Å². The maximum absolute atomic E-state index is 10.4. The minimum Gasteiger partial charge on any atom is -0.494 e. The number of hydrogen-bond donors (Lipinski definition) is 3. The van der Waals surface area contributed by atoms with Gasteiger partial charge in [0.1, 0.15) is 12.0 Å². The van der Waals surface area contributed by atoms with E-state index in [9.17, 15) is 9.59 Å². The number of carbonyl (C=O) groups excluding carboxylic acids is 2. The highest BCUT2D eigenvalue weighted by atomic mass is 16.5. The highest BCUT2D eigenvalue weighted by molar-refractivity contribution is 5.80. The lowest BCUT2D eigenvalue weighted by molar-refractivity contribution is -0.122. The number of likely N-dealkylation sites (tertiary alicyclic amines) is 1. The lowest BCUT2D eigenvalue weighted by atomic mass is 10.1. The topological polar surface area (TPSA) is 96.7 Å². The van der Waals surface area contributed by atoms with E-state index in [1.165, 1.54) is 31.5 Å². The zero-order chi connectivity index (χ0) is 31.3. The fourth-order valence-electron chi connectivity index (χ4n) is 3.47. The number of ether oxygens (including phenoxy) is 1. The molecular formula is C34H60N4O3. The van der Waals surface area contributed by atoms with E-state index in [2.05, 4.69) is 68.2 Å². The Morgan fingerprint density at radius 2 is 1.73 bits per heavy atom. The molecule has 1 aromatic rings. The zero-order valence-electron chi connectivity index (χ0n) is 27.1. The molecule has 1 heterocycles. The van der Waals surface area contributed by atoms with E-state index in [1.54, 1.807) is 6.92 Å². The second kappa shape index (κ2) is 28.8. The molecule has 2 rings (SSSR count). The summed E-state index contributed by atoms with van der Waals surface area (Å²) in [5.74, 6) is 1.06. The van der Waals surface area contributed by atoms with E-state index in [0.717, 1.165) is 50.3 Å². The van der Waals surface area contributed by atoms with Crippen molar-refractivity contribution in [2.24, 2.45) is 11.7 Å². The molecule has 1 saturated heterocycles. The minimum absolute atomic E-state index is 0.0713. The molecule has 1 amide bonds. The quantitative estimate of drug-likeness (QED) is 0.104. The molecule has 7 heteroatoms. The summed E-state index contributed by atoms with van der Waals surface area (Å²) in [6.45, 7) is 21.4. The molecule has 1 atom stereocenters. The van der Waals surface area contributed by atoms with Crippen molar-refractivity contribution in [3.63, 3.8) is 0 Å². The smallest absolute Gasteiger partial charge is 0.234 e. The summed E-state index contributed by atoms with van der Waals surface area (Å²) in [5.41, 5.74) is 7.41. The standard InChI is InChI=1S/C22H33NO.C5H10N2O2.C5H11N.C2H6/c1-5-21(14-13-19(2)3)15-17-23-16-9-10-18-24-20(4)22-11-7-6-8-12-22;1-4(3-8)7-5(9)2-6;1-6-4-2-3-5-6;1-2/h5-8,11-14,19,23H,4,9-10,15-18H2,1-3H3;3-4H,2,6H2,1H3,(H,7,9);2-5H2,1H3;1-2H3/b14-13-,21-5+;;;. The molecule has 0 saturated carbocycles. The Balaban J connectivity index is 0. The first-order chi connectivity index (χ1) is 19.7. The number of benzene rings is 1. The number of amides is 1. The van der Waals surface area contributed by atoms with E-state index in [1.807, 2.05) is 44.2 Å². The van der Waals surface area contributed by atoms with Crippen LogP contribution in [0.5, 0.6) is 0 Å². The van der Waals surface area contributed by atoms with Gasteiger partial charge >= 0.3 is 0 Å². The van der Waals surface area contributed by atoms with Gasteiger partial charge < -0.3 is 30.8 Å². The first-order valence-electron chi connectivity index (χ1n) is 15.3. The summed E-state index contributed by atoms with van der Waals surface area (Å²) < 4.78 is 5.70. The molecule has 1 fully saturated rings. The lowest BCUT2D eigenvalue weighted by Crippen LogP contribution is -2.37. The first-order valence-corrected chi connectivity index (χ1v) is 15.3. The predicted molar refractivity (Wildman–Crippen MR) is 177 cm³/mol. The van der Waals surface area contributed by atoms with E-state index >= 15 is 0 Å². The van der Waals surface area contributed by atoms with Gasteiger partial charge in [0.05, 0.1) is 19.2 Å². The number of nitrogens with zero attached hydrogens (tertiary/aromatic N) is 1. The third-order valence-electron chi connectivity index (χ3n) is 5.88. The number of unbranched alkanes of at least 4 members (excludes halogenated alkanes) is 1. The van der Waals surface area contributed by atoms with Crippen molar-refractivity contribution in [1.82, 2.24) is 15.5 Å². The molecule has 1 unspecified atom stereocenters. The molecule has 7 nitrogen and oxygen atoms in total. The van der Waals surface area contributed by atoms with Gasteiger partial charge in [-0.2, -0.15) is 0 Å². The molecule has 1 aliphatic rings. The molecule has 41 heavy (non-hydrogen) atoms. The minimum atomic E-state index is -0.430. The van der Waals surface area contributed by atoms with E-state index in [4.69, 9.17) is 10.5 Å². The van der Waals surface area contributed by atoms with Crippen LogP contribution in [0, 0.1) is 5.92 Å². The third-order valence-corrected chi connectivity index (χ3v) is 5.88. The van der Waals surface area contributed by atoms with Crippen LogP contribution in [-0.2, 0) is 14.3 Å². The maximum Gasteiger partial charge on any atom is 0.234 e. The first kappa shape index (κ1) is 40.4. The van der Waals surface area contributed by atoms with Crippen LogP contribution in [0.2, 0.25) is 0 Å². The average Bonchev–Trinajstić information content (AvgIpc) is 3.48. The van der Waals surface area contributed by atoms with Gasteiger partial charge in [0.15, 0.2) is 0 Å². The molecule has 0 spiro atoms. The van der Waals surface area contributed by atoms with Gasteiger partial charge in [-0.1, -0.05) is 88.4 Å². The largest absolute Gasteiger partial charge is 0.494 e. The number of hydrogen-bond acceptors (Lipinski definition) is 6. The van der Waals surface area contributed by atoms with Crippen LogP contribution in [0.15, 0.2) is 60.7 Å². The summed E-state index contributed by atoms with van der Waals surface area (Å²) in [5, 5.41) is 5.85. The molecule has 0 aromatic heterocycles. The Morgan fingerprint density at radius 3 is 2.22 bits per heavy atom.